The van der Waals surface area contributed by atoms with Gasteiger partial charge in [-0.05, 0) is 48.9 Å². The topological polar surface area (TPSA) is 63.7 Å². The number of esters is 1. The Labute approximate surface area is 152 Å². The number of rotatable bonds is 5. The fourth-order valence-corrected chi connectivity index (χ4v) is 2.90. The van der Waals surface area contributed by atoms with Gasteiger partial charge < -0.3 is 4.74 Å². The van der Waals surface area contributed by atoms with Crippen molar-refractivity contribution in [2.75, 3.05) is 6.54 Å². The summed E-state index contributed by atoms with van der Waals surface area (Å²) in [7, 11) is 0. The average Bonchev–Trinajstić information content (AvgIpc) is 2.81. The molecule has 26 heavy (non-hydrogen) atoms. The van der Waals surface area contributed by atoms with Crippen LogP contribution in [0.2, 0.25) is 0 Å². The molecule has 0 bridgehead atoms. The molecule has 2 rings (SSSR count). The summed E-state index contributed by atoms with van der Waals surface area (Å²) in [5.41, 5.74) is -0.727. The van der Waals surface area contributed by atoms with Gasteiger partial charge in [-0.3, -0.25) is 19.3 Å². The number of thioether (sulfide) groups is 1. The molecule has 0 radical (unpaired) electrons. The number of carbonyl (C=O) groups excluding carboxylic acids is 3. The first-order valence-electron chi connectivity index (χ1n) is 7.74. The SMILES string of the molecule is CC[C@@H](C)OC(=O)CN1C(=O)S/C(=C/c2cccc(C(F)(F)F)c2)C1=O. The van der Waals surface area contributed by atoms with Gasteiger partial charge in [0.05, 0.1) is 16.6 Å². The second-order valence-corrected chi connectivity index (χ2v) is 6.59. The summed E-state index contributed by atoms with van der Waals surface area (Å²) in [5.74, 6) is -1.46. The molecule has 9 heteroatoms. The number of amides is 2. The third kappa shape index (κ3) is 4.87. The van der Waals surface area contributed by atoms with Crippen LogP contribution in [0.3, 0.4) is 0 Å². The molecule has 0 N–H and O–H groups in total. The molecule has 5 nitrogen and oxygen atoms in total. The first-order chi connectivity index (χ1) is 12.1. The average molecular weight is 387 g/mol. The van der Waals surface area contributed by atoms with E-state index in [0.29, 0.717) is 18.2 Å². The first-order valence-corrected chi connectivity index (χ1v) is 8.55. The first kappa shape index (κ1) is 20.0. The van der Waals surface area contributed by atoms with Crippen LogP contribution in [0, 0.1) is 0 Å². The summed E-state index contributed by atoms with van der Waals surface area (Å²) in [6.07, 6.45) is -3.07. The number of alkyl halides is 3. The quantitative estimate of drug-likeness (QED) is 0.563. The van der Waals surface area contributed by atoms with Crippen molar-refractivity contribution in [2.45, 2.75) is 32.5 Å². The molecule has 0 spiro atoms. The fraction of sp³-hybridized carbons (Fsp3) is 0.353. The molecule has 0 aromatic heterocycles. The molecular formula is C17H16F3NO4S. The van der Waals surface area contributed by atoms with E-state index in [1.807, 2.05) is 6.92 Å². The Bertz CT molecular complexity index is 761. The van der Waals surface area contributed by atoms with E-state index in [4.69, 9.17) is 4.74 Å². The van der Waals surface area contributed by atoms with E-state index in [1.54, 1.807) is 6.92 Å². The highest BCUT2D eigenvalue weighted by Gasteiger charge is 2.37. The normalized spacial score (nSPS) is 17.7. The Balaban J connectivity index is 2.15. The maximum atomic E-state index is 12.8. The van der Waals surface area contributed by atoms with Crippen LogP contribution in [0.1, 0.15) is 31.4 Å². The van der Waals surface area contributed by atoms with Gasteiger partial charge in [-0.2, -0.15) is 13.2 Å². The molecule has 1 fully saturated rings. The number of halogens is 3. The Hall–Kier alpha value is -2.29. The van der Waals surface area contributed by atoms with E-state index in [-0.39, 0.29) is 16.6 Å². The summed E-state index contributed by atoms with van der Waals surface area (Å²) < 4.78 is 43.3. The van der Waals surface area contributed by atoms with E-state index in [9.17, 15) is 27.6 Å². The number of imide groups is 1. The van der Waals surface area contributed by atoms with Crippen molar-refractivity contribution in [1.29, 1.82) is 0 Å². The lowest BCUT2D eigenvalue weighted by molar-refractivity contribution is -0.150. The minimum atomic E-state index is -4.51. The van der Waals surface area contributed by atoms with Crippen LogP contribution in [-0.4, -0.2) is 34.7 Å². The second-order valence-electron chi connectivity index (χ2n) is 5.60. The van der Waals surface area contributed by atoms with Gasteiger partial charge in [-0.15, -0.1) is 0 Å². The summed E-state index contributed by atoms with van der Waals surface area (Å²) >= 11 is 0.566. The summed E-state index contributed by atoms with van der Waals surface area (Å²) in [6.45, 7) is 2.96. The highest BCUT2D eigenvalue weighted by atomic mass is 32.2. The zero-order valence-electron chi connectivity index (χ0n) is 14.0. The third-order valence-electron chi connectivity index (χ3n) is 3.58. The van der Waals surface area contributed by atoms with Gasteiger partial charge >= 0.3 is 12.1 Å². The molecule has 1 aliphatic heterocycles. The van der Waals surface area contributed by atoms with Crippen molar-refractivity contribution in [2.24, 2.45) is 0 Å². The summed E-state index contributed by atoms with van der Waals surface area (Å²) in [6, 6.07) is 4.39. The van der Waals surface area contributed by atoms with Crippen molar-refractivity contribution in [3.05, 3.63) is 40.3 Å². The Kier molecular flexibility index (Phi) is 6.12. The van der Waals surface area contributed by atoms with Crippen molar-refractivity contribution < 1.29 is 32.3 Å². The van der Waals surface area contributed by atoms with Gasteiger partial charge in [0.2, 0.25) is 0 Å². The second kappa shape index (κ2) is 7.94. The lowest BCUT2D eigenvalue weighted by Gasteiger charge is -2.14. The smallest absolute Gasteiger partial charge is 0.416 e. The van der Waals surface area contributed by atoms with Crippen LogP contribution < -0.4 is 0 Å². The molecule has 140 valence electrons. The predicted molar refractivity (Wildman–Crippen MR) is 90.0 cm³/mol. The van der Waals surface area contributed by atoms with Crippen LogP contribution in [0.15, 0.2) is 29.2 Å². The minimum Gasteiger partial charge on any atom is -0.461 e. The van der Waals surface area contributed by atoms with Gasteiger partial charge in [-0.1, -0.05) is 19.1 Å². The molecule has 1 aromatic carbocycles. The summed E-state index contributed by atoms with van der Waals surface area (Å²) in [5, 5.41) is -0.672. The predicted octanol–water partition coefficient (Wildman–Crippen LogP) is 4.08. The van der Waals surface area contributed by atoms with Crippen LogP contribution in [0.4, 0.5) is 18.0 Å². The molecule has 1 aliphatic rings. The number of ether oxygens (including phenoxy) is 1. The highest BCUT2D eigenvalue weighted by Crippen LogP contribution is 2.34. The number of carbonyl (C=O) groups is 3. The van der Waals surface area contributed by atoms with Gasteiger partial charge in [0.1, 0.15) is 6.54 Å². The van der Waals surface area contributed by atoms with E-state index in [0.717, 1.165) is 17.0 Å². The molecule has 1 saturated heterocycles. The lowest BCUT2D eigenvalue weighted by atomic mass is 10.1. The number of benzene rings is 1. The van der Waals surface area contributed by atoms with Crippen LogP contribution in [-0.2, 0) is 20.5 Å². The largest absolute Gasteiger partial charge is 0.461 e. The van der Waals surface area contributed by atoms with Crippen LogP contribution >= 0.6 is 11.8 Å². The number of nitrogens with zero attached hydrogens (tertiary/aromatic N) is 1. The van der Waals surface area contributed by atoms with Crippen LogP contribution in [0.25, 0.3) is 6.08 Å². The molecule has 0 saturated carbocycles. The third-order valence-corrected chi connectivity index (χ3v) is 4.49. The van der Waals surface area contributed by atoms with E-state index in [1.165, 1.54) is 18.2 Å². The maximum absolute atomic E-state index is 12.8. The van der Waals surface area contributed by atoms with Gasteiger partial charge in [0.15, 0.2) is 0 Å². The molecular weight excluding hydrogens is 371 g/mol. The van der Waals surface area contributed by atoms with Crippen molar-refractivity contribution in [1.82, 2.24) is 4.90 Å². The minimum absolute atomic E-state index is 0.0503. The maximum Gasteiger partial charge on any atom is 0.416 e. The van der Waals surface area contributed by atoms with Crippen molar-refractivity contribution in [3.8, 4) is 0 Å². The fourth-order valence-electron chi connectivity index (χ4n) is 2.07. The van der Waals surface area contributed by atoms with Crippen LogP contribution in [0.5, 0.6) is 0 Å². The molecule has 1 aromatic rings. The molecule has 1 heterocycles. The standard InChI is InChI=1S/C17H16F3NO4S/c1-3-10(2)25-14(22)9-21-15(23)13(26-16(21)24)8-11-5-4-6-12(7-11)17(18,19)20/h4-8,10H,3,9H2,1-2H3/b13-8+/t10-/m1/s1. The van der Waals surface area contributed by atoms with Gasteiger partial charge in [-0.25, -0.2) is 0 Å². The summed E-state index contributed by atoms with van der Waals surface area (Å²) in [4.78, 5) is 36.6. The van der Waals surface area contributed by atoms with E-state index >= 15 is 0 Å². The van der Waals surface area contributed by atoms with Crippen molar-refractivity contribution in [3.63, 3.8) is 0 Å². The van der Waals surface area contributed by atoms with Gasteiger partial charge in [0, 0.05) is 0 Å². The zero-order chi connectivity index (χ0) is 19.5. The Morgan fingerprint density at radius 3 is 2.65 bits per heavy atom. The van der Waals surface area contributed by atoms with E-state index in [2.05, 4.69) is 0 Å². The monoisotopic (exact) mass is 387 g/mol. The molecule has 2 amide bonds. The molecule has 0 unspecified atom stereocenters. The van der Waals surface area contributed by atoms with E-state index < -0.39 is 35.4 Å². The molecule has 0 aliphatic carbocycles. The molecule has 1 atom stereocenters. The van der Waals surface area contributed by atoms with Gasteiger partial charge in [0.25, 0.3) is 11.1 Å². The number of hydrogen-bond acceptors (Lipinski definition) is 5. The Morgan fingerprint density at radius 1 is 1.35 bits per heavy atom. The van der Waals surface area contributed by atoms with Crippen molar-refractivity contribution >= 4 is 35.0 Å². The lowest BCUT2D eigenvalue weighted by Crippen LogP contribution is -2.35. The highest BCUT2D eigenvalue weighted by molar-refractivity contribution is 8.18. The zero-order valence-corrected chi connectivity index (χ0v) is 14.8. The Morgan fingerprint density at radius 2 is 2.04 bits per heavy atom. The number of hydrogen-bond donors (Lipinski definition) is 0.